The van der Waals surface area contributed by atoms with Crippen molar-refractivity contribution in [2.75, 3.05) is 18.8 Å². The fraction of sp³-hybridized carbons (Fsp3) is 0.273. The molecule has 7 heteroatoms. The van der Waals surface area contributed by atoms with Crippen LogP contribution in [0.2, 0.25) is 0 Å². The summed E-state index contributed by atoms with van der Waals surface area (Å²) in [5.41, 5.74) is 5.12. The Kier molecular flexibility index (Phi) is 4.59. The molecule has 1 aromatic rings. The van der Waals surface area contributed by atoms with Gasteiger partial charge in [-0.15, -0.1) is 0 Å². The zero-order valence-corrected chi connectivity index (χ0v) is 9.72. The number of nitrogens with two attached hydrogens (primary N) is 1. The Balaban J connectivity index is 2.62. The number of hydrogen-bond donors (Lipinski definition) is 3. The lowest BCUT2D eigenvalue weighted by molar-refractivity contribution is -0.118. The zero-order chi connectivity index (χ0) is 13.7. The highest BCUT2D eigenvalue weighted by Crippen LogP contribution is 2.16. The molecule has 1 aromatic carbocycles. The molecule has 4 N–H and O–H groups in total. The van der Waals surface area contributed by atoms with Crippen molar-refractivity contribution >= 4 is 17.5 Å². The van der Waals surface area contributed by atoms with Crippen LogP contribution in [0, 0.1) is 11.6 Å². The van der Waals surface area contributed by atoms with E-state index in [0.29, 0.717) is 0 Å². The van der Waals surface area contributed by atoms with E-state index in [4.69, 9.17) is 5.73 Å². The molecule has 2 amide bonds. The van der Waals surface area contributed by atoms with Crippen molar-refractivity contribution in [2.24, 2.45) is 0 Å². The first-order valence-corrected chi connectivity index (χ1v) is 5.19. The summed E-state index contributed by atoms with van der Waals surface area (Å²) in [4.78, 5) is 22.1. The molecular formula is C11H13F2N3O2. The van der Waals surface area contributed by atoms with E-state index in [-0.39, 0.29) is 30.2 Å². The van der Waals surface area contributed by atoms with E-state index < -0.39 is 17.5 Å². The van der Waals surface area contributed by atoms with Gasteiger partial charge in [-0.05, 0) is 6.07 Å². The fourth-order valence-corrected chi connectivity index (χ4v) is 1.27. The second-order valence-electron chi connectivity index (χ2n) is 3.59. The molecule has 0 saturated heterocycles. The highest BCUT2D eigenvalue weighted by molar-refractivity contribution is 5.99. The Morgan fingerprint density at radius 3 is 2.33 bits per heavy atom. The maximum absolute atomic E-state index is 12.9. The third kappa shape index (κ3) is 3.69. The molecule has 18 heavy (non-hydrogen) atoms. The summed E-state index contributed by atoms with van der Waals surface area (Å²) in [6.07, 6.45) is 0. The van der Waals surface area contributed by atoms with Crippen molar-refractivity contribution in [3.8, 4) is 0 Å². The maximum Gasteiger partial charge on any atom is 0.253 e. The maximum atomic E-state index is 12.9. The molecule has 0 aliphatic carbocycles. The van der Waals surface area contributed by atoms with Crippen LogP contribution < -0.4 is 16.4 Å². The van der Waals surface area contributed by atoms with Gasteiger partial charge in [-0.3, -0.25) is 9.59 Å². The van der Waals surface area contributed by atoms with Crippen LogP contribution in [0.25, 0.3) is 0 Å². The molecule has 0 saturated carbocycles. The Morgan fingerprint density at radius 2 is 1.72 bits per heavy atom. The average molecular weight is 257 g/mol. The number of halogens is 2. The lowest BCUT2D eigenvalue weighted by atomic mass is 10.1. The molecule has 0 heterocycles. The van der Waals surface area contributed by atoms with Crippen LogP contribution in [-0.2, 0) is 4.79 Å². The van der Waals surface area contributed by atoms with Crippen molar-refractivity contribution in [1.29, 1.82) is 0 Å². The van der Waals surface area contributed by atoms with Crippen molar-refractivity contribution in [3.63, 3.8) is 0 Å². The van der Waals surface area contributed by atoms with Crippen molar-refractivity contribution in [3.05, 3.63) is 29.3 Å². The van der Waals surface area contributed by atoms with E-state index in [9.17, 15) is 18.4 Å². The average Bonchev–Trinajstić information content (AvgIpc) is 2.28. The molecule has 0 fully saturated rings. The monoisotopic (exact) mass is 257 g/mol. The molecule has 0 bridgehead atoms. The van der Waals surface area contributed by atoms with Gasteiger partial charge < -0.3 is 16.4 Å². The lowest BCUT2D eigenvalue weighted by Crippen LogP contribution is -2.34. The van der Waals surface area contributed by atoms with Gasteiger partial charge in [0.25, 0.3) is 5.91 Å². The number of nitrogens with one attached hydrogen (secondary N) is 2. The molecule has 1 rings (SSSR count). The predicted octanol–water partition coefficient (Wildman–Crippen LogP) is 0.413. The van der Waals surface area contributed by atoms with Crippen LogP contribution in [0.5, 0.6) is 0 Å². The van der Waals surface area contributed by atoms with Crippen LogP contribution in [0.3, 0.4) is 0 Å². The van der Waals surface area contributed by atoms with Crippen molar-refractivity contribution in [1.82, 2.24) is 10.6 Å². The number of amides is 2. The summed E-state index contributed by atoms with van der Waals surface area (Å²) in [5.74, 6) is -3.10. The minimum Gasteiger partial charge on any atom is -0.398 e. The smallest absolute Gasteiger partial charge is 0.253 e. The summed E-state index contributed by atoms with van der Waals surface area (Å²) < 4.78 is 25.7. The van der Waals surface area contributed by atoms with Crippen LogP contribution in [0.15, 0.2) is 12.1 Å². The molecule has 98 valence electrons. The first kappa shape index (κ1) is 13.9. The number of carbonyl (C=O) groups excluding carboxylic acids is 2. The summed E-state index contributed by atoms with van der Waals surface area (Å²) in [5, 5.41) is 4.89. The summed E-state index contributed by atoms with van der Waals surface area (Å²) in [7, 11) is 0. The molecule has 0 unspecified atom stereocenters. The molecule has 0 aliphatic heterocycles. The first-order valence-electron chi connectivity index (χ1n) is 5.19. The largest absolute Gasteiger partial charge is 0.398 e. The number of nitrogen functional groups attached to an aromatic ring is 1. The van der Waals surface area contributed by atoms with Gasteiger partial charge in [0.2, 0.25) is 5.91 Å². The molecule has 0 radical (unpaired) electrons. The number of anilines is 1. The fourth-order valence-electron chi connectivity index (χ4n) is 1.27. The Morgan fingerprint density at radius 1 is 1.17 bits per heavy atom. The molecule has 5 nitrogen and oxygen atoms in total. The third-order valence-corrected chi connectivity index (χ3v) is 2.12. The van der Waals surface area contributed by atoms with Gasteiger partial charge in [0, 0.05) is 31.8 Å². The molecule has 0 aromatic heterocycles. The molecule has 0 spiro atoms. The predicted molar refractivity (Wildman–Crippen MR) is 61.8 cm³/mol. The minimum absolute atomic E-state index is 0.142. The van der Waals surface area contributed by atoms with Gasteiger partial charge in [-0.2, -0.15) is 0 Å². The van der Waals surface area contributed by atoms with E-state index in [0.717, 1.165) is 12.1 Å². The van der Waals surface area contributed by atoms with Gasteiger partial charge in [0.1, 0.15) is 0 Å². The van der Waals surface area contributed by atoms with Crippen LogP contribution in [0.1, 0.15) is 17.3 Å². The van der Waals surface area contributed by atoms with Crippen LogP contribution in [0.4, 0.5) is 14.5 Å². The highest BCUT2D eigenvalue weighted by Gasteiger charge is 2.13. The highest BCUT2D eigenvalue weighted by atomic mass is 19.2. The Labute approximate surface area is 102 Å². The molecule has 0 aliphatic rings. The van der Waals surface area contributed by atoms with Gasteiger partial charge in [0.05, 0.1) is 5.56 Å². The number of rotatable bonds is 4. The minimum atomic E-state index is -1.14. The summed E-state index contributed by atoms with van der Waals surface area (Å²) >= 11 is 0. The summed E-state index contributed by atoms with van der Waals surface area (Å²) in [6, 6.07) is 1.48. The normalized spacial score (nSPS) is 9.94. The number of carbonyl (C=O) groups is 2. The van der Waals surface area contributed by atoms with Crippen molar-refractivity contribution in [2.45, 2.75) is 6.92 Å². The molecular weight excluding hydrogens is 244 g/mol. The second-order valence-corrected chi connectivity index (χ2v) is 3.59. The first-order chi connectivity index (χ1) is 8.41. The lowest BCUT2D eigenvalue weighted by Gasteiger charge is -2.08. The van der Waals surface area contributed by atoms with E-state index in [1.807, 2.05) is 0 Å². The summed E-state index contributed by atoms with van der Waals surface area (Å²) in [6.45, 7) is 1.75. The molecule has 0 atom stereocenters. The van der Waals surface area contributed by atoms with Crippen LogP contribution >= 0.6 is 0 Å². The number of hydrogen-bond acceptors (Lipinski definition) is 3. The van der Waals surface area contributed by atoms with Gasteiger partial charge in [-0.1, -0.05) is 0 Å². The van der Waals surface area contributed by atoms with Gasteiger partial charge in [0.15, 0.2) is 11.6 Å². The van der Waals surface area contributed by atoms with E-state index in [2.05, 4.69) is 10.6 Å². The van der Waals surface area contributed by atoms with E-state index in [1.54, 1.807) is 0 Å². The van der Waals surface area contributed by atoms with Crippen molar-refractivity contribution < 1.29 is 18.4 Å². The Hall–Kier alpha value is -2.18. The van der Waals surface area contributed by atoms with E-state index in [1.165, 1.54) is 6.92 Å². The SMILES string of the molecule is CC(=O)NCCNC(=O)c1cc(F)c(F)cc1N. The van der Waals surface area contributed by atoms with E-state index >= 15 is 0 Å². The topological polar surface area (TPSA) is 84.2 Å². The Bertz CT molecular complexity index is 478. The van der Waals surface area contributed by atoms with Gasteiger partial charge in [-0.25, -0.2) is 8.78 Å². The van der Waals surface area contributed by atoms with Gasteiger partial charge >= 0.3 is 0 Å². The second kappa shape index (κ2) is 5.95. The standard InChI is InChI=1S/C11H13F2N3O2/c1-6(17)15-2-3-16-11(18)7-4-8(12)9(13)5-10(7)14/h4-5H,2-3,14H2,1H3,(H,15,17)(H,16,18). The third-order valence-electron chi connectivity index (χ3n) is 2.12. The number of benzene rings is 1. The zero-order valence-electron chi connectivity index (χ0n) is 9.72. The quantitative estimate of drug-likeness (QED) is 0.539. The van der Waals surface area contributed by atoms with Crippen LogP contribution in [-0.4, -0.2) is 24.9 Å².